The molecular weight excluding hydrogens is 469 g/mol. The average Bonchev–Trinajstić information content (AvgIpc) is 3.22. The van der Waals surface area contributed by atoms with E-state index >= 15 is 0 Å². The van der Waals surface area contributed by atoms with Crippen LogP contribution in [0.4, 0.5) is 5.69 Å². The fraction of sp³-hybridized carbons (Fsp3) is 0.350. The molecule has 0 spiro atoms. The predicted molar refractivity (Wildman–Crippen MR) is 121 cm³/mol. The second-order valence-electron chi connectivity index (χ2n) is 7.22. The van der Waals surface area contributed by atoms with Gasteiger partial charge in [-0.05, 0) is 55.8 Å². The zero-order chi connectivity index (χ0) is 21.9. The molecule has 3 rings (SSSR count). The van der Waals surface area contributed by atoms with Crippen molar-refractivity contribution >= 4 is 56.4 Å². The molecule has 1 aliphatic heterocycles. The number of rotatable bonds is 7. The number of carbonyl (C=O) groups is 1. The number of amides is 1. The van der Waals surface area contributed by atoms with Crippen molar-refractivity contribution in [2.24, 2.45) is 0 Å². The minimum Gasteiger partial charge on any atom is -0.324 e. The topological polar surface area (TPSA) is 69.7 Å². The lowest BCUT2D eigenvalue weighted by Gasteiger charge is -2.18. The van der Waals surface area contributed by atoms with Gasteiger partial charge in [0.25, 0.3) is 0 Å². The lowest BCUT2D eigenvalue weighted by atomic mass is 10.2. The maximum absolute atomic E-state index is 12.8. The highest BCUT2D eigenvalue weighted by atomic mass is 35.5. The number of nitrogens with zero attached hydrogens (tertiary/aromatic N) is 2. The molecule has 0 radical (unpaired) electrons. The normalized spacial score (nSPS) is 15.0. The molecule has 2 aromatic rings. The Morgan fingerprint density at radius 3 is 2.37 bits per heavy atom. The van der Waals surface area contributed by atoms with E-state index in [4.69, 9.17) is 34.8 Å². The smallest absolute Gasteiger partial charge is 0.243 e. The standard InChI is InChI=1S/C20H22Cl3N3O3S/c1-25(12-14-4-6-16(21)18(23)10-14)13-20(27)24-19-11-15(5-7-17(19)22)30(28,29)26-8-2-3-9-26/h4-7,10-11H,2-3,8-9,12-13H2,1H3,(H,24,27). The van der Waals surface area contributed by atoms with Crippen LogP contribution in [0.5, 0.6) is 0 Å². The molecular formula is C20H22Cl3N3O3S. The van der Waals surface area contributed by atoms with Crippen LogP contribution in [0.15, 0.2) is 41.3 Å². The Balaban J connectivity index is 1.66. The fourth-order valence-corrected chi connectivity index (χ4v) is 5.31. The third-order valence-electron chi connectivity index (χ3n) is 4.76. The molecule has 1 heterocycles. The number of halogens is 3. The van der Waals surface area contributed by atoms with Crippen molar-refractivity contribution in [1.29, 1.82) is 0 Å². The van der Waals surface area contributed by atoms with Crippen LogP contribution >= 0.6 is 34.8 Å². The van der Waals surface area contributed by atoms with Crippen molar-refractivity contribution in [2.45, 2.75) is 24.3 Å². The average molecular weight is 491 g/mol. The van der Waals surface area contributed by atoms with E-state index in [0.29, 0.717) is 29.7 Å². The Morgan fingerprint density at radius 2 is 1.70 bits per heavy atom. The molecule has 1 amide bonds. The van der Waals surface area contributed by atoms with Crippen LogP contribution in [0.1, 0.15) is 18.4 Å². The first kappa shape index (κ1) is 23.3. The summed E-state index contributed by atoms with van der Waals surface area (Å²) in [6.07, 6.45) is 1.70. The summed E-state index contributed by atoms with van der Waals surface area (Å²) < 4.78 is 27.0. The quantitative estimate of drug-likeness (QED) is 0.620. The molecule has 6 nitrogen and oxygen atoms in total. The highest BCUT2D eigenvalue weighted by Gasteiger charge is 2.27. The summed E-state index contributed by atoms with van der Waals surface area (Å²) in [6, 6.07) is 9.65. The summed E-state index contributed by atoms with van der Waals surface area (Å²) in [5, 5.41) is 3.91. The maximum Gasteiger partial charge on any atom is 0.243 e. The van der Waals surface area contributed by atoms with Gasteiger partial charge in [-0.25, -0.2) is 8.42 Å². The van der Waals surface area contributed by atoms with Crippen LogP contribution in [-0.2, 0) is 21.4 Å². The van der Waals surface area contributed by atoms with Gasteiger partial charge in [0.2, 0.25) is 15.9 Å². The molecule has 162 valence electrons. The number of likely N-dealkylation sites (N-methyl/N-ethyl adjacent to an activating group) is 1. The van der Waals surface area contributed by atoms with E-state index in [-0.39, 0.29) is 28.1 Å². The van der Waals surface area contributed by atoms with Crippen LogP contribution < -0.4 is 5.32 Å². The van der Waals surface area contributed by atoms with Gasteiger partial charge in [0.15, 0.2) is 0 Å². The number of nitrogens with one attached hydrogen (secondary N) is 1. The largest absolute Gasteiger partial charge is 0.324 e. The minimum atomic E-state index is -3.60. The van der Waals surface area contributed by atoms with Gasteiger partial charge in [-0.3, -0.25) is 9.69 Å². The van der Waals surface area contributed by atoms with Crippen molar-refractivity contribution in [3.8, 4) is 0 Å². The van der Waals surface area contributed by atoms with E-state index < -0.39 is 10.0 Å². The monoisotopic (exact) mass is 489 g/mol. The summed E-state index contributed by atoms with van der Waals surface area (Å²) in [4.78, 5) is 14.4. The number of sulfonamides is 1. The first-order valence-electron chi connectivity index (χ1n) is 9.39. The van der Waals surface area contributed by atoms with E-state index in [1.165, 1.54) is 22.5 Å². The number of carbonyl (C=O) groups excluding carboxylic acids is 1. The van der Waals surface area contributed by atoms with E-state index in [2.05, 4.69) is 5.32 Å². The summed E-state index contributed by atoms with van der Waals surface area (Å²) in [7, 11) is -1.81. The van der Waals surface area contributed by atoms with Crippen LogP contribution in [0, 0.1) is 0 Å². The molecule has 0 atom stereocenters. The number of hydrogen-bond acceptors (Lipinski definition) is 4. The molecule has 0 aromatic heterocycles. The number of benzene rings is 2. The van der Waals surface area contributed by atoms with Crippen molar-refractivity contribution in [3.63, 3.8) is 0 Å². The van der Waals surface area contributed by atoms with Gasteiger partial charge in [0.1, 0.15) is 0 Å². The summed E-state index contributed by atoms with van der Waals surface area (Å²) in [5.74, 6) is -0.310. The van der Waals surface area contributed by atoms with E-state index in [9.17, 15) is 13.2 Å². The third-order valence-corrected chi connectivity index (χ3v) is 7.73. The molecule has 1 saturated heterocycles. The van der Waals surface area contributed by atoms with Crippen LogP contribution in [-0.4, -0.2) is 50.2 Å². The number of hydrogen-bond donors (Lipinski definition) is 1. The van der Waals surface area contributed by atoms with Crippen LogP contribution in [0.2, 0.25) is 15.1 Å². The Bertz CT molecular complexity index is 1040. The van der Waals surface area contributed by atoms with Crippen molar-refractivity contribution < 1.29 is 13.2 Å². The number of anilines is 1. The molecule has 1 aliphatic rings. The molecule has 10 heteroatoms. The van der Waals surface area contributed by atoms with Crippen LogP contribution in [0.25, 0.3) is 0 Å². The Labute approximate surface area is 191 Å². The van der Waals surface area contributed by atoms with Gasteiger partial charge < -0.3 is 5.32 Å². The molecule has 1 N–H and O–H groups in total. The second-order valence-corrected chi connectivity index (χ2v) is 10.4. The van der Waals surface area contributed by atoms with Crippen molar-refractivity contribution in [2.75, 3.05) is 32.0 Å². The highest BCUT2D eigenvalue weighted by Crippen LogP contribution is 2.28. The SMILES string of the molecule is CN(CC(=O)Nc1cc(S(=O)(=O)N2CCCC2)ccc1Cl)Cc1ccc(Cl)c(Cl)c1. The van der Waals surface area contributed by atoms with Gasteiger partial charge in [-0.15, -0.1) is 0 Å². The lowest BCUT2D eigenvalue weighted by molar-refractivity contribution is -0.117. The molecule has 0 aliphatic carbocycles. The predicted octanol–water partition coefficient (Wildman–Crippen LogP) is 4.50. The molecule has 2 aromatic carbocycles. The van der Waals surface area contributed by atoms with Crippen LogP contribution in [0.3, 0.4) is 0 Å². The van der Waals surface area contributed by atoms with E-state index in [1.54, 1.807) is 24.1 Å². The summed E-state index contributed by atoms with van der Waals surface area (Å²) >= 11 is 18.1. The van der Waals surface area contributed by atoms with Gasteiger partial charge in [0, 0.05) is 19.6 Å². The zero-order valence-corrected chi connectivity index (χ0v) is 19.5. The molecule has 0 unspecified atom stereocenters. The van der Waals surface area contributed by atoms with Crippen molar-refractivity contribution in [3.05, 3.63) is 57.0 Å². The Morgan fingerprint density at radius 1 is 1.03 bits per heavy atom. The first-order chi connectivity index (χ1) is 14.2. The minimum absolute atomic E-state index is 0.0830. The Kier molecular flexibility index (Phi) is 7.66. The Hall–Kier alpha value is -1.35. The van der Waals surface area contributed by atoms with Gasteiger partial charge in [-0.2, -0.15) is 4.31 Å². The van der Waals surface area contributed by atoms with Crippen molar-refractivity contribution in [1.82, 2.24) is 9.21 Å². The molecule has 0 bridgehead atoms. The lowest BCUT2D eigenvalue weighted by Crippen LogP contribution is -2.30. The maximum atomic E-state index is 12.8. The van der Waals surface area contributed by atoms with E-state index in [0.717, 1.165) is 18.4 Å². The summed E-state index contributed by atoms with van der Waals surface area (Å²) in [5.41, 5.74) is 1.18. The van der Waals surface area contributed by atoms with Gasteiger partial charge >= 0.3 is 0 Å². The third kappa shape index (κ3) is 5.66. The molecule has 30 heavy (non-hydrogen) atoms. The highest BCUT2D eigenvalue weighted by molar-refractivity contribution is 7.89. The zero-order valence-electron chi connectivity index (χ0n) is 16.4. The summed E-state index contributed by atoms with van der Waals surface area (Å²) in [6.45, 7) is 1.58. The van der Waals surface area contributed by atoms with E-state index in [1.807, 2.05) is 6.07 Å². The van der Waals surface area contributed by atoms with Gasteiger partial charge in [0.05, 0.1) is 32.2 Å². The first-order valence-corrected chi connectivity index (χ1v) is 12.0. The molecule has 0 saturated carbocycles. The second kappa shape index (κ2) is 9.85. The molecule has 1 fully saturated rings. The van der Waals surface area contributed by atoms with Gasteiger partial charge in [-0.1, -0.05) is 40.9 Å². The fourth-order valence-electron chi connectivity index (χ4n) is 3.28.